The molecule has 27 heavy (non-hydrogen) atoms. The molecule has 0 aliphatic rings. The molecule has 0 aliphatic heterocycles. The van der Waals surface area contributed by atoms with Crippen LogP contribution in [0.15, 0.2) is 53.0 Å². The maximum atomic E-state index is 12.6. The summed E-state index contributed by atoms with van der Waals surface area (Å²) in [4.78, 5) is 14.2. The van der Waals surface area contributed by atoms with Gasteiger partial charge in [0.1, 0.15) is 5.60 Å². The van der Waals surface area contributed by atoms with Crippen molar-refractivity contribution in [2.75, 3.05) is 13.1 Å². The molecular weight excluding hydrogens is 430 g/mol. The number of nitrogens with zero attached hydrogens (tertiary/aromatic N) is 1. The van der Waals surface area contributed by atoms with Crippen molar-refractivity contribution in [2.45, 2.75) is 38.9 Å². The van der Waals surface area contributed by atoms with Crippen molar-refractivity contribution in [3.63, 3.8) is 0 Å². The SMILES string of the molecule is CC(C)(C)OC(=O)N(CCc1ccc(Br)cc1)CC(O)c1cccc(Cl)c1. The standard InChI is InChI=1S/C21H25BrClNO3/c1-21(2,3)27-20(26)24(12-11-15-7-9-17(22)10-8-15)14-19(25)16-5-4-6-18(23)13-16/h4-10,13,19,25H,11-12,14H2,1-3H3. The highest BCUT2D eigenvalue weighted by atomic mass is 79.9. The van der Waals surface area contributed by atoms with Gasteiger partial charge in [-0.15, -0.1) is 0 Å². The summed E-state index contributed by atoms with van der Waals surface area (Å²) >= 11 is 9.43. The lowest BCUT2D eigenvalue weighted by molar-refractivity contribution is 0.0147. The van der Waals surface area contributed by atoms with Crippen molar-refractivity contribution < 1.29 is 14.6 Å². The molecule has 0 radical (unpaired) electrons. The number of hydrogen-bond acceptors (Lipinski definition) is 3. The summed E-state index contributed by atoms with van der Waals surface area (Å²) in [5.41, 5.74) is 1.16. The van der Waals surface area contributed by atoms with E-state index in [1.165, 1.54) is 0 Å². The lowest BCUT2D eigenvalue weighted by atomic mass is 10.1. The predicted octanol–water partition coefficient (Wildman–Crippen LogP) is 5.62. The third-order valence-corrected chi connectivity index (χ3v) is 4.63. The number of carbonyl (C=O) groups is 1. The van der Waals surface area contributed by atoms with Crippen LogP contribution in [0.4, 0.5) is 4.79 Å². The van der Waals surface area contributed by atoms with Crippen LogP contribution < -0.4 is 0 Å². The summed E-state index contributed by atoms with van der Waals surface area (Å²) in [6, 6.07) is 15.0. The first-order valence-corrected chi connectivity index (χ1v) is 9.97. The summed E-state index contributed by atoms with van der Waals surface area (Å²) in [6.07, 6.45) is -0.628. The summed E-state index contributed by atoms with van der Waals surface area (Å²) in [5.74, 6) is 0. The highest BCUT2D eigenvalue weighted by Gasteiger charge is 2.24. The van der Waals surface area contributed by atoms with E-state index in [0.717, 1.165) is 10.0 Å². The number of benzene rings is 2. The van der Waals surface area contributed by atoms with Crippen molar-refractivity contribution in [3.8, 4) is 0 Å². The van der Waals surface area contributed by atoms with Crippen molar-refractivity contribution >= 4 is 33.6 Å². The fraction of sp³-hybridized carbons (Fsp3) is 0.381. The summed E-state index contributed by atoms with van der Waals surface area (Å²) in [6.45, 7) is 6.04. The van der Waals surface area contributed by atoms with Crippen molar-refractivity contribution in [3.05, 3.63) is 69.2 Å². The van der Waals surface area contributed by atoms with Crippen LogP contribution in [-0.2, 0) is 11.2 Å². The molecule has 2 aromatic rings. The van der Waals surface area contributed by atoms with Crippen LogP contribution in [0, 0.1) is 0 Å². The Labute approximate surface area is 174 Å². The van der Waals surface area contributed by atoms with Gasteiger partial charge in [-0.2, -0.15) is 0 Å². The number of rotatable bonds is 6. The maximum absolute atomic E-state index is 12.6. The van der Waals surface area contributed by atoms with Gasteiger partial charge in [0.2, 0.25) is 0 Å². The van der Waals surface area contributed by atoms with Crippen LogP contribution in [0.5, 0.6) is 0 Å². The zero-order valence-electron chi connectivity index (χ0n) is 15.8. The van der Waals surface area contributed by atoms with E-state index in [4.69, 9.17) is 16.3 Å². The van der Waals surface area contributed by atoms with Gasteiger partial charge in [0, 0.05) is 16.0 Å². The summed E-state index contributed by atoms with van der Waals surface area (Å²) < 4.78 is 6.52. The third kappa shape index (κ3) is 7.53. The molecule has 0 heterocycles. The quantitative estimate of drug-likeness (QED) is 0.616. The average Bonchev–Trinajstić information content (AvgIpc) is 2.58. The fourth-order valence-electron chi connectivity index (χ4n) is 2.53. The van der Waals surface area contributed by atoms with Gasteiger partial charge < -0.3 is 14.7 Å². The monoisotopic (exact) mass is 453 g/mol. The first-order valence-electron chi connectivity index (χ1n) is 8.80. The van der Waals surface area contributed by atoms with Crippen LogP contribution in [0.25, 0.3) is 0 Å². The Hall–Kier alpha value is -1.56. The Morgan fingerprint density at radius 2 is 1.89 bits per heavy atom. The van der Waals surface area contributed by atoms with Crippen LogP contribution in [0.2, 0.25) is 5.02 Å². The van der Waals surface area contributed by atoms with Crippen molar-refractivity contribution in [1.82, 2.24) is 4.90 Å². The van der Waals surface area contributed by atoms with Gasteiger partial charge >= 0.3 is 6.09 Å². The van der Waals surface area contributed by atoms with Gasteiger partial charge in [-0.05, 0) is 62.6 Å². The molecule has 4 nitrogen and oxygen atoms in total. The number of hydrogen-bond donors (Lipinski definition) is 1. The van der Waals surface area contributed by atoms with Gasteiger partial charge in [0.15, 0.2) is 0 Å². The van der Waals surface area contributed by atoms with Crippen LogP contribution in [0.3, 0.4) is 0 Å². The van der Waals surface area contributed by atoms with E-state index < -0.39 is 17.8 Å². The summed E-state index contributed by atoms with van der Waals surface area (Å²) in [7, 11) is 0. The Morgan fingerprint density at radius 3 is 2.48 bits per heavy atom. The zero-order chi connectivity index (χ0) is 20.0. The fourth-order valence-corrected chi connectivity index (χ4v) is 2.99. The molecule has 1 amide bonds. The third-order valence-electron chi connectivity index (χ3n) is 3.86. The van der Waals surface area contributed by atoms with Gasteiger partial charge in [0.05, 0.1) is 12.6 Å². The molecule has 0 aliphatic carbocycles. The first-order chi connectivity index (χ1) is 12.6. The molecule has 0 saturated carbocycles. The normalized spacial score (nSPS) is 12.5. The molecule has 2 aromatic carbocycles. The van der Waals surface area contributed by atoms with E-state index in [2.05, 4.69) is 15.9 Å². The van der Waals surface area contributed by atoms with Crippen LogP contribution >= 0.6 is 27.5 Å². The molecule has 146 valence electrons. The zero-order valence-corrected chi connectivity index (χ0v) is 18.1. The van der Waals surface area contributed by atoms with Gasteiger partial charge in [0.25, 0.3) is 0 Å². The van der Waals surface area contributed by atoms with E-state index in [9.17, 15) is 9.90 Å². The van der Waals surface area contributed by atoms with E-state index in [0.29, 0.717) is 23.6 Å². The van der Waals surface area contributed by atoms with Gasteiger partial charge in [-0.3, -0.25) is 0 Å². The molecule has 1 N–H and O–H groups in total. The molecule has 1 unspecified atom stereocenters. The molecule has 0 saturated heterocycles. The molecule has 0 fully saturated rings. The Balaban J connectivity index is 2.10. The second kappa shape index (κ2) is 9.58. The van der Waals surface area contributed by atoms with Crippen LogP contribution in [-0.4, -0.2) is 34.8 Å². The number of amides is 1. The van der Waals surface area contributed by atoms with Crippen molar-refractivity contribution in [1.29, 1.82) is 0 Å². The predicted molar refractivity (Wildman–Crippen MR) is 112 cm³/mol. The number of halogens is 2. The second-order valence-electron chi connectivity index (χ2n) is 7.37. The topological polar surface area (TPSA) is 49.8 Å². The largest absolute Gasteiger partial charge is 0.444 e. The summed E-state index contributed by atoms with van der Waals surface area (Å²) in [5, 5.41) is 11.1. The van der Waals surface area contributed by atoms with E-state index >= 15 is 0 Å². The Kier molecular flexibility index (Phi) is 7.71. The number of aliphatic hydroxyl groups excluding tert-OH is 1. The highest BCUT2D eigenvalue weighted by Crippen LogP contribution is 2.20. The highest BCUT2D eigenvalue weighted by molar-refractivity contribution is 9.10. The lowest BCUT2D eigenvalue weighted by Gasteiger charge is -2.29. The molecular formula is C21H25BrClNO3. The van der Waals surface area contributed by atoms with Gasteiger partial charge in [-0.1, -0.05) is 51.8 Å². The van der Waals surface area contributed by atoms with E-state index in [1.54, 1.807) is 29.2 Å². The molecule has 6 heteroatoms. The van der Waals surface area contributed by atoms with Crippen LogP contribution in [0.1, 0.15) is 38.0 Å². The molecule has 2 rings (SSSR count). The van der Waals surface area contributed by atoms with E-state index in [1.807, 2.05) is 45.0 Å². The second-order valence-corrected chi connectivity index (χ2v) is 8.73. The number of carbonyl (C=O) groups excluding carboxylic acids is 1. The van der Waals surface area contributed by atoms with Crippen molar-refractivity contribution in [2.24, 2.45) is 0 Å². The minimum atomic E-state index is -0.846. The van der Waals surface area contributed by atoms with E-state index in [-0.39, 0.29) is 6.54 Å². The number of aliphatic hydroxyl groups is 1. The molecule has 1 atom stereocenters. The molecule has 0 bridgehead atoms. The smallest absolute Gasteiger partial charge is 0.410 e. The Morgan fingerprint density at radius 1 is 1.22 bits per heavy atom. The molecule has 0 aromatic heterocycles. The average molecular weight is 455 g/mol. The Bertz CT molecular complexity index is 759. The minimum Gasteiger partial charge on any atom is -0.444 e. The van der Waals surface area contributed by atoms with Gasteiger partial charge in [-0.25, -0.2) is 4.79 Å². The first kappa shape index (κ1) is 21.7. The minimum absolute atomic E-state index is 0.131. The number of ether oxygens (including phenoxy) is 1. The lowest BCUT2D eigenvalue weighted by Crippen LogP contribution is -2.40. The molecule has 0 spiro atoms. The maximum Gasteiger partial charge on any atom is 0.410 e.